The Morgan fingerprint density at radius 1 is 1.30 bits per heavy atom. The number of rotatable bonds is 3. The lowest BCUT2D eigenvalue weighted by molar-refractivity contribution is 0.0695. The van der Waals surface area contributed by atoms with Gasteiger partial charge in [-0.05, 0) is 24.5 Å². The lowest BCUT2D eigenvalue weighted by atomic mass is 10.1. The molecule has 118 valence electrons. The molecule has 0 unspecified atom stereocenters. The van der Waals surface area contributed by atoms with Crippen LogP contribution in [0.2, 0.25) is 0 Å². The summed E-state index contributed by atoms with van der Waals surface area (Å²) in [5.41, 5.74) is 1.40. The minimum Gasteiger partial charge on any atom is -0.478 e. The molecule has 23 heavy (non-hydrogen) atoms. The molecule has 0 bridgehead atoms. The van der Waals surface area contributed by atoms with E-state index in [9.17, 15) is 14.7 Å². The van der Waals surface area contributed by atoms with Gasteiger partial charge in [-0.1, -0.05) is 20.8 Å². The van der Waals surface area contributed by atoms with Crippen molar-refractivity contribution in [3.05, 3.63) is 45.5 Å². The fourth-order valence-corrected chi connectivity index (χ4v) is 2.51. The first-order valence-electron chi connectivity index (χ1n) is 7.42. The first-order chi connectivity index (χ1) is 10.9. The van der Waals surface area contributed by atoms with E-state index in [4.69, 9.17) is 4.42 Å². The van der Waals surface area contributed by atoms with Crippen LogP contribution in [0.4, 0.5) is 0 Å². The van der Waals surface area contributed by atoms with Gasteiger partial charge in [0.1, 0.15) is 0 Å². The van der Waals surface area contributed by atoms with Crippen LogP contribution in [-0.4, -0.2) is 21.0 Å². The van der Waals surface area contributed by atoms with Gasteiger partial charge in [0.2, 0.25) is 11.1 Å². The highest BCUT2D eigenvalue weighted by Crippen LogP contribution is 2.22. The average molecular weight is 312 g/mol. The third-order valence-electron chi connectivity index (χ3n) is 3.81. The number of aromatic nitrogens is 2. The Hall–Kier alpha value is -2.76. The highest BCUT2D eigenvalue weighted by Gasteiger charge is 2.17. The lowest BCUT2D eigenvalue weighted by Crippen LogP contribution is -2.10. The van der Waals surface area contributed by atoms with Crippen molar-refractivity contribution in [2.75, 3.05) is 0 Å². The van der Waals surface area contributed by atoms with E-state index < -0.39 is 5.97 Å². The Balaban J connectivity index is 2.41. The third-order valence-corrected chi connectivity index (χ3v) is 3.81. The molecule has 3 aromatic rings. The summed E-state index contributed by atoms with van der Waals surface area (Å²) in [6.45, 7) is 5.76. The van der Waals surface area contributed by atoms with Gasteiger partial charge in [0.25, 0.3) is 0 Å². The van der Waals surface area contributed by atoms with Crippen LogP contribution in [0.3, 0.4) is 0 Å². The van der Waals surface area contributed by atoms with Crippen LogP contribution in [0.1, 0.15) is 48.4 Å². The summed E-state index contributed by atoms with van der Waals surface area (Å²) in [6.07, 6.45) is 1.95. The molecule has 1 N–H and O–H groups in total. The molecule has 0 amide bonds. The summed E-state index contributed by atoms with van der Waals surface area (Å²) in [4.78, 5) is 32.6. The van der Waals surface area contributed by atoms with E-state index >= 15 is 0 Å². The largest absolute Gasteiger partial charge is 0.478 e. The smallest absolute Gasteiger partial charge is 0.337 e. The SMILES string of the molecule is CCc1nc2oc3cnc(C(C)C)cc3c(=O)c2cc1C(=O)O. The Labute approximate surface area is 131 Å². The predicted octanol–water partition coefficient (Wildman–Crippen LogP) is 3.12. The van der Waals surface area contributed by atoms with Crippen LogP contribution < -0.4 is 5.43 Å². The van der Waals surface area contributed by atoms with Crippen molar-refractivity contribution in [3.63, 3.8) is 0 Å². The normalized spacial score (nSPS) is 11.5. The standard InChI is InChI=1S/C17H16N2O4/c1-4-12-9(17(21)22)5-11-15(20)10-6-13(8(2)3)18-7-14(10)23-16(11)19-12/h5-8H,4H2,1-3H3,(H,21,22). The van der Waals surface area contributed by atoms with Crippen LogP contribution in [0.25, 0.3) is 22.1 Å². The first-order valence-corrected chi connectivity index (χ1v) is 7.42. The molecule has 3 aromatic heterocycles. The molecule has 0 saturated carbocycles. The molecule has 0 aliphatic rings. The van der Waals surface area contributed by atoms with E-state index in [0.717, 1.165) is 5.69 Å². The van der Waals surface area contributed by atoms with Crippen molar-refractivity contribution in [3.8, 4) is 0 Å². The lowest BCUT2D eigenvalue weighted by Gasteiger charge is -2.08. The zero-order valence-electron chi connectivity index (χ0n) is 13.1. The van der Waals surface area contributed by atoms with Crippen LogP contribution >= 0.6 is 0 Å². The molecule has 6 heteroatoms. The molecule has 0 atom stereocenters. The number of aryl methyl sites for hydroxylation is 1. The minimum atomic E-state index is -1.10. The van der Waals surface area contributed by atoms with E-state index in [2.05, 4.69) is 9.97 Å². The van der Waals surface area contributed by atoms with Gasteiger partial charge in [-0.15, -0.1) is 0 Å². The fourth-order valence-electron chi connectivity index (χ4n) is 2.51. The Morgan fingerprint density at radius 3 is 2.65 bits per heavy atom. The van der Waals surface area contributed by atoms with E-state index in [1.807, 2.05) is 13.8 Å². The first kappa shape index (κ1) is 15.1. The average Bonchev–Trinajstić information content (AvgIpc) is 2.53. The van der Waals surface area contributed by atoms with Gasteiger partial charge in [0, 0.05) is 5.69 Å². The number of pyridine rings is 2. The summed E-state index contributed by atoms with van der Waals surface area (Å²) in [6, 6.07) is 3.05. The predicted molar refractivity (Wildman–Crippen MR) is 86.0 cm³/mol. The highest BCUT2D eigenvalue weighted by atomic mass is 16.4. The molecule has 3 rings (SSSR count). The van der Waals surface area contributed by atoms with Crippen LogP contribution in [0.5, 0.6) is 0 Å². The van der Waals surface area contributed by atoms with Crippen LogP contribution in [-0.2, 0) is 6.42 Å². The van der Waals surface area contributed by atoms with Crippen molar-refractivity contribution in [2.24, 2.45) is 0 Å². The van der Waals surface area contributed by atoms with Crippen LogP contribution in [0, 0.1) is 0 Å². The molecule has 0 fully saturated rings. The zero-order chi connectivity index (χ0) is 16.7. The van der Waals surface area contributed by atoms with Crippen molar-refractivity contribution in [1.82, 2.24) is 9.97 Å². The highest BCUT2D eigenvalue weighted by molar-refractivity contribution is 5.95. The van der Waals surface area contributed by atoms with Crippen molar-refractivity contribution >= 4 is 28.0 Å². The van der Waals surface area contributed by atoms with Crippen LogP contribution in [0.15, 0.2) is 27.5 Å². The maximum absolute atomic E-state index is 12.7. The molecule has 0 spiro atoms. The number of carboxylic acid groups (broad SMARTS) is 1. The summed E-state index contributed by atoms with van der Waals surface area (Å²) >= 11 is 0. The third kappa shape index (κ3) is 2.46. The Bertz CT molecular complexity index is 989. The Kier molecular flexibility index (Phi) is 3.60. The van der Waals surface area contributed by atoms with Crippen molar-refractivity contribution in [1.29, 1.82) is 0 Å². The fraction of sp³-hybridized carbons (Fsp3) is 0.294. The second-order valence-electron chi connectivity index (χ2n) is 5.69. The number of carbonyl (C=O) groups is 1. The van der Waals surface area contributed by atoms with E-state index in [1.165, 1.54) is 12.3 Å². The van der Waals surface area contributed by atoms with Gasteiger partial charge < -0.3 is 9.52 Å². The van der Waals surface area contributed by atoms with E-state index in [0.29, 0.717) is 23.1 Å². The molecule has 6 nitrogen and oxygen atoms in total. The van der Waals surface area contributed by atoms with E-state index in [-0.39, 0.29) is 28.0 Å². The van der Waals surface area contributed by atoms with Gasteiger partial charge in [0.15, 0.2) is 5.58 Å². The van der Waals surface area contributed by atoms with Gasteiger partial charge in [-0.25, -0.2) is 9.78 Å². The monoisotopic (exact) mass is 312 g/mol. The second kappa shape index (κ2) is 5.46. The number of hydrogen-bond donors (Lipinski definition) is 1. The minimum absolute atomic E-state index is 0.0322. The summed E-state index contributed by atoms with van der Waals surface area (Å²) in [7, 11) is 0. The number of aromatic carboxylic acids is 1. The maximum atomic E-state index is 12.7. The maximum Gasteiger partial charge on any atom is 0.337 e. The number of carboxylic acids is 1. The molecule has 0 radical (unpaired) electrons. The topological polar surface area (TPSA) is 93.3 Å². The molecule has 0 aromatic carbocycles. The zero-order valence-corrected chi connectivity index (χ0v) is 13.1. The number of nitrogens with zero attached hydrogens (tertiary/aromatic N) is 2. The summed E-state index contributed by atoms with van der Waals surface area (Å²) in [5.74, 6) is -0.932. The molecular formula is C17H16N2O4. The van der Waals surface area contributed by atoms with Crippen molar-refractivity contribution < 1.29 is 14.3 Å². The summed E-state index contributed by atoms with van der Waals surface area (Å²) in [5, 5.41) is 9.86. The second-order valence-corrected chi connectivity index (χ2v) is 5.69. The molecule has 3 heterocycles. The number of hydrogen-bond acceptors (Lipinski definition) is 5. The van der Waals surface area contributed by atoms with Gasteiger partial charge in [0.05, 0.1) is 28.2 Å². The van der Waals surface area contributed by atoms with E-state index in [1.54, 1.807) is 13.0 Å². The molecule has 0 saturated heterocycles. The summed E-state index contributed by atoms with van der Waals surface area (Å²) < 4.78 is 5.67. The number of fused-ring (bicyclic) bond motifs is 2. The Morgan fingerprint density at radius 2 is 2.04 bits per heavy atom. The molecular weight excluding hydrogens is 296 g/mol. The van der Waals surface area contributed by atoms with Gasteiger partial charge in [-0.2, -0.15) is 0 Å². The van der Waals surface area contributed by atoms with Gasteiger partial charge >= 0.3 is 5.97 Å². The van der Waals surface area contributed by atoms with Gasteiger partial charge in [-0.3, -0.25) is 9.78 Å². The molecule has 0 aliphatic carbocycles. The molecule has 0 aliphatic heterocycles. The quantitative estimate of drug-likeness (QED) is 0.747. The van der Waals surface area contributed by atoms with Crippen molar-refractivity contribution in [2.45, 2.75) is 33.1 Å².